The molecule has 0 amide bonds. The van der Waals surface area contributed by atoms with E-state index in [1.165, 1.54) is 0 Å². The highest BCUT2D eigenvalue weighted by atomic mass is 16.2. The van der Waals surface area contributed by atoms with Crippen LogP contribution >= 0.6 is 0 Å². The van der Waals surface area contributed by atoms with Gasteiger partial charge in [-0.25, -0.2) is 9.78 Å². The van der Waals surface area contributed by atoms with E-state index in [2.05, 4.69) is 15.0 Å². The predicted molar refractivity (Wildman–Crippen MR) is 56.0 cm³/mol. The highest BCUT2D eigenvalue weighted by Crippen LogP contribution is 2.17. The second kappa shape index (κ2) is 2.82. The average molecular weight is 208 g/mol. The second-order valence-electron chi connectivity index (χ2n) is 4.39. The number of rotatable bonds is 0. The molecule has 2 N–H and O–H groups in total. The van der Waals surface area contributed by atoms with Crippen molar-refractivity contribution in [2.45, 2.75) is 26.3 Å². The Morgan fingerprint density at radius 3 is 2.53 bits per heavy atom. The number of nitrogens with zero attached hydrogens (tertiary/aromatic N) is 2. The minimum Gasteiger partial charge on any atom is -0.319 e. The topological polar surface area (TPSA) is 83.5 Å². The molecule has 2 aromatic heterocycles. The number of fused-ring (bicyclic) bond motifs is 1. The molecule has 0 radical (unpaired) electrons. The van der Waals surface area contributed by atoms with Crippen LogP contribution in [0.25, 0.3) is 11.2 Å². The Balaban J connectivity index is 2.93. The molecule has 80 valence electrons. The largest absolute Gasteiger partial charge is 0.327 e. The summed E-state index contributed by atoms with van der Waals surface area (Å²) in [7, 11) is 0. The number of nitrogens with one attached hydrogen (secondary N) is 2. The zero-order chi connectivity index (χ0) is 11.2. The molecule has 0 aliphatic rings. The Labute approximate surface area is 85.0 Å². The fraction of sp³-hybridized carbons (Fsp3) is 0.444. The van der Waals surface area contributed by atoms with E-state index in [1.807, 2.05) is 20.8 Å². The molecule has 6 nitrogen and oxygen atoms in total. The molecule has 0 spiro atoms. The summed E-state index contributed by atoms with van der Waals surface area (Å²) in [6.07, 6.45) is 1.55. The Hall–Kier alpha value is -1.85. The van der Waals surface area contributed by atoms with E-state index < -0.39 is 11.2 Å². The molecule has 0 aliphatic carbocycles. The first-order valence-corrected chi connectivity index (χ1v) is 4.60. The van der Waals surface area contributed by atoms with Gasteiger partial charge in [-0.2, -0.15) is 0 Å². The number of aromatic nitrogens is 4. The third-order valence-electron chi connectivity index (χ3n) is 2.16. The van der Waals surface area contributed by atoms with Crippen molar-refractivity contribution in [2.75, 3.05) is 0 Å². The lowest BCUT2D eigenvalue weighted by molar-refractivity contribution is 0.407. The molecule has 2 rings (SSSR count). The molecule has 6 heteroatoms. The average Bonchev–Trinajstić information content (AvgIpc) is 2.45. The summed E-state index contributed by atoms with van der Waals surface area (Å²) >= 11 is 0. The molecule has 0 fully saturated rings. The van der Waals surface area contributed by atoms with Gasteiger partial charge < -0.3 is 4.57 Å². The fourth-order valence-electron chi connectivity index (χ4n) is 1.47. The molecular formula is C9H12N4O2. The second-order valence-corrected chi connectivity index (χ2v) is 4.39. The Bertz CT molecular complexity index is 611. The molecule has 0 aromatic carbocycles. The van der Waals surface area contributed by atoms with Gasteiger partial charge in [-0.3, -0.25) is 14.8 Å². The van der Waals surface area contributed by atoms with Crippen LogP contribution in [0.2, 0.25) is 0 Å². The molecular weight excluding hydrogens is 196 g/mol. The van der Waals surface area contributed by atoms with Crippen LogP contribution in [0.3, 0.4) is 0 Å². The number of H-pyrrole nitrogens is 2. The van der Waals surface area contributed by atoms with Crippen molar-refractivity contribution in [3.05, 3.63) is 27.2 Å². The van der Waals surface area contributed by atoms with Gasteiger partial charge in [-0.1, -0.05) is 0 Å². The van der Waals surface area contributed by atoms with Crippen molar-refractivity contribution in [3.8, 4) is 0 Å². The third-order valence-corrected chi connectivity index (χ3v) is 2.16. The minimum atomic E-state index is -0.536. The first kappa shape index (κ1) is 9.70. The Kier molecular flexibility index (Phi) is 1.82. The van der Waals surface area contributed by atoms with Crippen LogP contribution in [-0.4, -0.2) is 19.5 Å². The first-order valence-electron chi connectivity index (χ1n) is 4.60. The van der Waals surface area contributed by atoms with Crippen LogP contribution in [0.15, 0.2) is 15.9 Å². The maximum absolute atomic E-state index is 11.6. The molecule has 15 heavy (non-hydrogen) atoms. The van der Waals surface area contributed by atoms with E-state index in [-0.39, 0.29) is 5.54 Å². The predicted octanol–water partition coefficient (Wildman–Crippen LogP) is 0.168. The van der Waals surface area contributed by atoms with Crippen molar-refractivity contribution >= 4 is 11.2 Å². The fourth-order valence-corrected chi connectivity index (χ4v) is 1.47. The number of aromatic amines is 2. The molecule has 0 aliphatic heterocycles. The van der Waals surface area contributed by atoms with Gasteiger partial charge in [0, 0.05) is 5.54 Å². The molecule has 0 saturated heterocycles. The summed E-state index contributed by atoms with van der Waals surface area (Å²) in [5.74, 6) is 0. The molecule has 0 saturated carbocycles. The van der Waals surface area contributed by atoms with Crippen LogP contribution in [0, 0.1) is 0 Å². The van der Waals surface area contributed by atoms with E-state index in [1.54, 1.807) is 10.9 Å². The molecule has 0 bridgehead atoms. The lowest BCUT2D eigenvalue weighted by atomic mass is 10.1. The summed E-state index contributed by atoms with van der Waals surface area (Å²) in [6.45, 7) is 5.87. The van der Waals surface area contributed by atoms with E-state index in [0.29, 0.717) is 11.2 Å². The molecule has 2 heterocycles. The van der Waals surface area contributed by atoms with Crippen molar-refractivity contribution in [2.24, 2.45) is 0 Å². The zero-order valence-electron chi connectivity index (χ0n) is 8.79. The van der Waals surface area contributed by atoms with Crippen molar-refractivity contribution < 1.29 is 0 Å². The van der Waals surface area contributed by atoms with Crippen LogP contribution in [0.1, 0.15) is 20.8 Å². The minimum absolute atomic E-state index is 0.250. The van der Waals surface area contributed by atoms with Crippen molar-refractivity contribution in [3.63, 3.8) is 0 Å². The molecule has 0 atom stereocenters. The highest BCUT2D eigenvalue weighted by molar-refractivity contribution is 5.69. The van der Waals surface area contributed by atoms with Gasteiger partial charge >= 0.3 is 5.69 Å². The maximum Gasteiger partial charge on any atom is 0.327 e. The van der Waals surface area contributed by atoms with E-state index >= 15 is 0 Å². The normalized spacial score (nSPS) is 12.2. The first-order chi connectivity index (χ1) is 6.89. The SMILES string of the molecule is CC(C)(C)n1cnc2[nH]c(=O)[nH]c(=O)c21. The van der Waals surface area contributed by atoms with Crippen molar-refractivity contribution in [1.29, 1.82) is 0 Å². The third kappa shape index (κ3) is 1.47. The number of hydrogen-bond acceptors (Lipinski definition) is 3. The summed E-state index contributed by atoms with van der Waals surface area (Å²) in [4.78, 5) is 31.3. The summed E-state index contributed by atoms with van der Waals surface area (Å²) < 4.78 is 1.73. The Morgan fingerprint density at radius 2 is 1.93 bits per heavy atom. The van der Waals surface area contributed by atoms with Crippen LogP contribution in [-0.2, 0) is 5.54 Å². The highest BCUT2D eigenvalue weighted by Gasteiger charge is 2.18. The summed E-state index contributed by atoms with van der Waals surface area (Å²) in [5.41, 5.74) is -0.492. The number of hydrogen-bond donors (Lipinski definition) is 2. The van der Waals surface area contributed by atoms with Gasteiger partial charge in [-0.05, 0) is 20.8 Å². The van der Waals surface area contributed by atoms with E-state index in [9.17, 15) is 9.59 Å². The van der Waals surface area contributed by atoms with Crippen LogP contribution < -0.4 is 11.2 Å². The van der Waals surface area contributed by atoms with E-state index in [4.69, 9.17) is 0 Å². The summed E-state index contributed by atoms with van der Waals surface area (Å²) in [5, 5.41) is 0. The monoisotopic (exact) mass is 208 g/mol. The standard InChI is InChI=1S/C9H12N4O2/c1-9(2,3)13-4-10-6-5(13)7(14)12-8(15)11-6/h4H,1-3H3,(H2,11,12,14,15). The number of imidazole rings is 1. The summed E-state index contributed by atoms with van der Waals surface area (Å²) in [6, 6.07) is 0. The van der Waals surface area contributed by atoms with E-state index in [0.717, 1.165) is 0 Å². The van der Waals surface area contributed by atoms with Crippen molar-refractivity contribution in [1.82, 2.24) is 19.5 Å². The quantitative estimate of drug-likeness (QED) is 0.647. The van der Waals surface area contributed by atoms with Gasteiger partial charge in [0.25, 0.3) is 5.56 Å². The Morgan fingerprint density at radius 1 is 1.27 bits per heavy atom. The van der Waals surface area contributed by atoms with Gasteiger partial charge in [-0.15, -0.1) is 0 Å². The molecule has 0 unspecified atom stereocenters. The lowest BCUT2D eigenvalue weighted by Gasteiger charge is -2.20. The zero-order valence-corrected chi connectivity index (χ0v) is 8.79. The van der Waals surface area contributed by atoms with Crippen LogP contribution in [0.4, 0.5) is 0 Å². The smallest absolute Gasteiger partial charge is 0.319 e. The van der Waals surface area contributed by atoms with Gasteiger partial charge in [0.1, 0.15) is 0 Å². The molecule has 2 aromatic rings. The maximum atomic E-state index is 11.6. The van der Waals surface area contributed by atoms with Crippen LogP contribution in [0.5, 0.6) is 0 Å². The van der Waals surface area contributed by atoms with Gasteiger partial charge in [0.2, 0.25) is 0 Å². The lowest BCUT2D eigenvalue weighted by Crippen LogP contribution is -2.28. The van der Waals surface area contributed by atoms with Gasteiger partial charge in [0.05, 0.1) is 6.33 Å². The van der Waals surface area contributed by atoms with Gasteiger partial charge in [0.15, 0.2) is 11.2 Å².